The Hall–Kier alpha value is -2.33. The first-order chi connectivity index (χ1) is 10.7. The molecule has 3 aromatic rings. The highest BCUT2D eigenvalue weighted by Crippen LogP contribution is 2.48. The minimum Gasteiger partial charge on any atom is -0.324 e. The number of aromatic nitrogens is 2. The van der Waals surface area contributed by atoms with Crippen molar-refractivity contribution in [1.29, 1.82) is 0 Å². The van der Waals surface area contributed by atoms with E-state index in [0.29, 0.717) is 11.0 Å². The number of rotatable bonds is 3. The van der Waals surface area contributed by atoms with Crippen LogP contribution in [0.1, 0.15) is 17.9 Å². The van der Waals surface area contributed by atoms with E-state index < -0.39 is 0 Å². The van der Waals surface area contributed by atoms with Gasteiger partial charge in [-0.1, -0.05) is 35.9 Å². The molecule has 0 radical (unpaired) electrons. The van der Waals surface area contributed by atoms with Gasteiger partial charge in [0.05, 0.1) is 11.0 Å². The molecule has 2 unspecified atom stereocenters. The smallest absolute Gasteiger partial charge is 0.230 e. The Morgan fingerprint density at radius 1 is 1.18 bits per heavy atom. The molecule has 0 bridgehead atoms. The predicted octanol–water partition coefficient (Wildman–Crippen LogP) is 3.96. The molecular formula is C17H14ClN3O. The van der Waals surface area contributed by atoms with Gasteiger partial charge in [0.2, 0.25) is 11.9 Å². The molecule has 1 aliphatic rings. The third-order valence-electron chi connectivity index (χ3n) is 4.06. The number of aromatic amines is 1. The second-order valence-corrected chi connectivity index (χ2v) is 6.03. The molecule has 2 N–H and O–H groups in total. The largest absolute Gasteiger partial charge is 0.324 e. The lowest BCUT2D eigenvalue weighted by molar-refractivity contribution is -0.117. The molecule has 22 heavy (non-hydrogen) atoms. The fraction of sp³-hybridized carbons (Fsp3) is 0.176. The molecular weight excluding hydrogens is 298 g/mol. The summed E-state index contributed by atoms with van der Waals surface area (Å²) in [4.78, 5) is 19.8. The number of nitrogens with one attached hydrogen (secondary N) is 2. The van der Waals surface area contributed by atoms with Crippen molar-refractivity contribution in [2.45, 2.75) is 12.3 Å². The van der Waals surface area contributed by atoms with Crippen LogP contribution in [0.25, 0.3) is 11.0 Å². The molecule has 1 aliphatic carbocycles. The summed E-state index contributed by atoms with van der Waals surface area (Å²) in [6, 6.07) is 15.4. The summed E-state index contributed by atoms with van der Waals surface area (Å²) in [5, 5.41) is 3.59. The number of para-hydroxylation sites is 2. The van der Waals surface area contributed by atoms with Crippen molar-refractivity contribution in [3.05, 3.63) is 59.1 Å². The summed E-state index contributed by atoms with van der Waals surface area (Å²) < 4.78 is 0. The SMILES string of the molecule is O=C(Nc1nc2ccccc2[nH]1)C1CC1c1ccc(Cl)cc1. The summed E-state index contributed by atoms with van der Waals surface area (Å²) in [6.07, 6.45) is 0.869. The van der Waals surface area contributed by atoms with Crippen LogP contribution < -0.4 is 5.32 Å². The number of anilines is 1. The standard InChI is InChI=1S/C17H14ClN3O/c18-11-7-5-10(6-8-11)12-9-13(12)16(22)21-17-19-14-3-1-2-4-15(14)20-17/h1-8,12-13H,9H2,(H2,19,20,21,22). The first-order valence-corrected chi connectivity index (χ1v) is 7.59. The van der Waals surface area contributed by atoms with Gasteiger partial charge in [-0.15, -0.1) is 0 Å². The third-order valence-corrected chi connectivity index (χ3v) is 4.31. The molecule has 0 spiro atoms. The zero-order chi connectivity index (χ0) is 15.1. The summed E-state index contributed by atoms with van der Waals surface area (Å²) in [7, 11) is 0. The van der Waals surface area contributed by atoms with Crippen LogP contribution in [0.2, 0.25) is 5.02 Å². The average Bonchev–Trinajstić information content (AvgIpc) is 3.21. The quantitative estimate of drug-likeness (QED) is 0.769. The highest BCUT2D eigenvalue weighted by Gasteiger charge is 2.44. The Balaban J connectivity index is 1.46. The molecule has 1 amide bonds. The van der Waals surface area contributed by atoms with Gasteiger partial charge in [-0.3, -0.25) is 10.1 Å². The maximum Gasteiger partial charge on any atom is 0.230 e. The van der Waals surface area contributed by atoms with Crippen LogP contribution in [0.4, 0.5) is 5.95 Å². The van der Waals surface area contributed by atoms with Gasteiger partial charge in [-0.2, -0.15) is 0 Å². The number of carbonyl (C=O) groups excluding carboxylic acids is 1. The minimum atomic E-state index is 0.00869. The van der Waals surface area contributed by atoms with Gasteiger partial charge in [0.15, 0.2) is 0 Å². The van der Waals surface area contributed by atoms with Gasteiger partial charge in [0.1, 0.15) is 0 Å². The van der Waals surface area contributed by atoms with Crippen LogP contribution in [0.3, 0.4) is 0 Å². The molecule has 5 heteroatoms. The number of nitrogens with zero attached hydrogens (tertiary/aromatic N) is 1. The number of amides is 1. The number of benzene rings is 2. The van der Waals surface area contributed by atoms with Crippen LogP contribution >= 0.6 is 11.6 Å². The summed E-state index contributed by atoms with van der Waals surface area (Å²) in [5.41, 5.74) is 2.93. The van der Waals surface area contributed by atoms with E-state index in [1.165, 1.54) is 0 Å². The monoisotopic (exact) mass is 311 g/mol. The van der Waals surface area contributed by atoms with Crippen LogP contribution in [-0.2, 0) is 4.79 Å². The Labute approximate surface area is 132 Å². The second kappa shape index (κ2) is 5.14. The Bertz CT molecular complexity index is 807. The number of carbonyl (C=O) groups is 1. The number of H-pyrrole nitrogens is 1. The van der Waals surface area contributed by atoms with Crippen LogP contribution in [0, 0.1) is 5.92 Å². The van der Waals surface area contributed by atoms with Gasteiger partial charge in [-0.25, -0.2) is 4.98 Å². The molecule has 110 valence electrons. The molecule has 2 atom stereocenters. The summed E-state index contributed by atoms with van der Waals surface area (Å²) in [5.74, 6) is 0.808. The van der Waals surface area contributed by atoms with Crippen molar-refractivity contribution in [3.63, 3.8) is 0 Å². The zero-order valence-electron chi connectivity index (χ0n) is 11.7. The van der Waals surface area contributed by atoms with Crippen LogP contribution in [-0.4, -0.2) is 15.9 Å². The van der Waals surface area contributed by atoms with Gasteiger partial charge >= 0.3 is 0 Å². The normalized spacial score (nSPS) is 20.0. The molecule has 1 aromatic heterocycles. The van der Waals surface area contributed by atoms with Crippen molar-refractivity contribution in [2.75, 3.05) is 5.32 Å². The zero-order valence-corrected chi connectivity index (χ0v) is 12.5. The van der Waals surface area contributed by atoms with Gasteiger partial charge < -0.3 is 4.98 Å². The maximum atomic E-state index is 12.3. The van der Waals surface area contributed by atoms with Crippen LogP contribution in [0.15, 0.2) is 48.5 Å². The lowest BCUT2D eigenvalue weighted by atomic mass is 10.1. The molecule has 0 aliphatic heterocycles. The van der Waals surface area contributed by atoms with E-state index >= 15 is 0 Å². The van der Waals surface area contributed by atoms with E-state index in [9.17, 15) is 4.79 Å². The van der Waals surface area contributed by atoms with Gasteiger partial charge in [0.25, 0.3) is 0 Å². The lowest BCUT2D eigenvalue weighted by Gasteiger charge is -2.02. The predicted molar refractivity (Wildman–Crippen MR) is 87.0 cm³/mol. The number of fused-ring (bicyclic) bond motifs is 1. The fourth-order valence-electron chi connectivity index (χ4n) is 2.78. The van der Waals surface area contributed by atoms with Crippen molar-refractivity contribution < 1.29 is 4.79 Å². The Morgan fingerprint density at radius 2 is 1.95 bits per heavy atom. The van der Waals surface area contributed by atoms with Crippen LogP contribution in [0.5, 0.6) is 0 Å². The molecule has 2 aromatic carbocycles. The number of imidazole rings is 1. The highest BCUT2D eigenvalue weighted by molar-refractivity contribution is 6.30. The summed E-state index contributed by atoms with van der Waals surface area (Å²) >= 11 is 5.89. The van der Waals surface area contributed by atoms with E-state index in [1.807, 2.05) is 48.5 Å². The fourth-order valence-corrected chi connectivity index (χ4v) is 2.91. The van der Waals surface area contributed by atoms with Crippen molar-refractivity contribution in [2.24, 2.45) is 5.92 Å². The molecule has 1 fully saturated rings. The first kappa shape index (κ1) is 13.3. The van der Waals surface area contributed by atoms with Crippen molar-refractivity contribution >= 4 is 34.5 Å². The van der Waals surface area contributed by atoms with E-state index in [2.05, 4.69) is 15.3 Å². The maximum absolute atomic E-state index is 12.3. The van der Waals surface area contributed by atoms with Gasteiger partial charge in [-0.05, 0) is 42.2 Å². The number of hydrogen-bond acceptors (Lipinski definition) is 2. The number of halogens is 1. The number of hydrogen-bond donors (Lipinski definition) is 2. The Kier molecular flexibility index (Phi) is 3.12. The van der Waals surface area contributed by atoms with E-state index in [0.717, 1.165) is 23.0 Å². The molecule has 1 heterocycles. The van der Waals surface area contributed by atoms with E-state index in [-0.39, 0.29) is 17.7 Å². The highest BCUT2D eigenvalue weighted by atomic mass is 35.5. The third kappa shape index (κ3) is 2.46. The lowest BCUT2D eigenvalue weighted by Crippen LogP contribution is -2.15. The van der Waals surface area contributed by atoms with E-state index in [1.54, 1.807) is 0 Å². The summed E-state index contributed by atoms with van der Waals surface area (Å²) in [6.45, 7) is 0. The topological polar surface area (TPSA) is 57.8 Å². The van der Waals surface area contributed by atoms with Crippen molar-refractivity contribution in [3.8, 4) is 0 Å². The Morgan fingerprint density at radius 3 is 2.73 bits per heavy atom. The molecule has 0 saturated heterocycles. The minimum absolute atomic E-state index is 0.00869. The van der Waals surface area contributed by atoms with Crippen molar-refractivity contribution in [1.82, 2.24) is 9.97 Å². The molecule has 1 saturated carbocycles. The van der Waals surface area contributed by atoms with Gasteiger partial charge in [0, 0.05) is 10.9 Å². The average molecular weight is 312 g/mol. The first-order valence-electron chi connectivity index (χ1n) is 7.22. The second-order valence-electron chi connectivity index (χ2n) is 5.59. The van der Waals surface area contributed by atoms with E-state index in [4.69, 9.17) is 11.6 Å². The molecule has 4 nitrogen and oxygen atoms in total. The molecule has 4 rings (SSSR count).